The first-order chi connectivity index (χ1) is 14.5. The van der Waals surface area contributed by atoms with E-state index in [4.69, 9.17) is 4.98 Å². The van der Waals surface area contributed by atoms with Gasteiger partial charge in [-0.1, -0.05) is 25.7 Å². The number of benzene rings is 1. The van der Waals surface area contributed by atoms with Gasteiger partial charge in [0, 0.05) is 28.6 Å². The second-order valence-electron chi connectivity index (χ2n) is 9.36. The maximum Gasteiger partial charge on any atom is 0.128 e. The molecule has 30 heavy (non-hydrogen) atoms. The molecule has 4 aliphatic rings. The molecule has 0 saturated heterocycles. The lowest BCUT2D eigenvalue weighted by Crippen LogP contribution is -2.24. The average Bonchev–Trinajstić information content (AvgIpc) is 2.94. The van der Waals surface area contributed by atoms with Crippen molar-refractivity contribution in [1.82, 2.24) is 9.88 Å². The van der Waals surface area contributed by atoms with E-state index >= 15 is 0 Å². The first-order valence-corrected chi connectivity index (χ1v) is 11.2. The smallest absolute Gasteiger partial charge is 0.128 e. The molecule has 1 aromatic carbocycles. The van der Waals surface area contributed by atoms with Crippen LogP contribution in [-0.2, 0) is 19.4 Å². The van der Waals surface area contributed by atoms with Crippen molar-refractivity contribution in [2.24, 2.45) is 5.92 Å². The van der Waals surface area contributed by atoms with Crippen LogP contribution in [0.15, 0.2) is 47.7 Å². The summed E-state index contributed by atoms with van der Waals surface area (Å²) in [6, 6.07) is 1.65. The van der Waals surface area contributed by atoms with Crippen LogP contribution >= 0.6 is 0 Å². The molecule has 2 aromatic rings. The summed E-state index contributed by atoms with van der Waals surface area (Å²) in [5.74, 6) is 0.217. The molecule has 0 spiro atoms. The molecule has 152 valence electrons. The summed E-state index contributed by atoms with van der Waals surface area (Å²) in [6.07, 6.45) is 8.63. The highest BCUT2D eigenvalue weighted by Crippen LogP contribution is 2.49. The molecule has 0 bridgehead atoms. The van der Waals surface area contributed by atoms with Crippen LogP contribution < -0.4 is 0 Å². The van der Waals surface area contributed by atoms with Gasteiger partial charge in [-0.15, -0.1) is 0 Å². The van der Waals surface area contributed by atoms with Gasteiger partial charge >= 0.3 is 0 Å². The third kappa shape index (κ3) is 2.26. The SMILES string of the molecule is C=C1CCC2=C(C=C3c4nc5cc(F)c(C)c6c5c(c4CN3C2=C)CCCC6)C1C. The molecule has 0 radical (unpaired) electrons. The third-order valence-corrected chi connectivity index (χ3v) is 7.86. The largest absolute Gasteiger partial charge is 0.335 e. The number of aryl methyl sites for hydroxylation is 2. The molecule has 1 atom stereocenters. The lowest BCUT2D eigenvalue weighted by atomic mass is 9.78. The molecule has 2 aliphatic carbocycles. The molecule has 3 heterocycles. The number of nitrogens with zero attached hydrogens (tertiary/aromatic N) is 2. The highest BCUT2D eigenvalue weighted by atomic mass is 19.1. The van der Waals surface area contributed by atoms with Crippen molar-refractivity contribution in [1.29, 1.82) is 0 Å². The third-order valence-electron chi connectivity index (χ3n) is 7.86. The standard InChI is InChI=1S/C27H27FN2/c1-14-9-10-19-17(4)30-13-22-20-8-6-5-7-18-16(3)23(28)12-24(26(18)20)29-27(22)25(30)11-21(19)15(14)2/h11-12,15H,1,4-10,13H2,2-3H3. The maximum absolute atomic E-state index is 14.8. The van der Waals surface area contributed by atoms with Gasteiger partial charge in [0.25, 0.3) is 0 Å². The van der Waals surface area contributed by atoms with E-state index in [0.29, 0.717) is 5.92 Å². The molecular weight excluding hydrogens is 371 g/mol. The minimum absolute atomic E-state index is 0.128. The summed E-state index contributed by atoms with van der Waals surface area (Å²) in [6.45, 7) is 13.8. The number of hydrogen-bond donors (Lipinski definition) is 0. The summed E-state index contributed by atoms with van der Waals surface area (Å²) in [4.78, 5) is 7.41. The zero-order chi connectivity index (χ0) is 20.7. The molecular formula is C27H27FN2. The highest BCUT2D eigenvalue weighted by Gasteiger charge is 2.37. The summed E-state index contributed by atoms with van der Waals surface area (Å²) < 4.78 is 14.8. The van der Waals surface area contributed by atoms with Gasteiger partial charge in [-0.05, 0) is 79.4 Å². The van der Waals surface area contributed by atoms with Gasteiger partial charge in [0.1, 0.15) is 5.82 Å². The van der Waals surface area contributed by atoms with Crippen molar-refractivity contribution in [3.05, 3.63) is 81.5 Å². The van der Waals surface area contributed by atoms with E-state index in [1.165, 1.54) is 38.8 Å². The Morgan fingerprint density at radius 1 is 1.07 bits per heavy atom. The minimum atomic E-state index is -0.128. The number of halogens is 1. The Balaban J connectivity index is 1.63. The topological polar surface area (TPSA) is 16.1 Å². The predicted molar refractivity (Wildman–Crippen MR) is 120 cm³/mol. The lowest BCUT2D eigenvalue weighted by Gasteiger charge is -2.36. The van der Waals surface area contributed by atoms with Crippen LogP contribution in [0.4, 0.5) is 4.39 Å². The average molecular weight is 399 g/mol. The number of aromatic nitrogens is 1. The Morgan fingerprint density at radius 2 is 1.83 bits per heavy atom. The molecule has 2 aliphatic heterocycles. The van der Waals surface area contributed by atoms with Crippen molar-refractivity contribution in [3.63, 3.8) is 0 Å². The van der Waals surface area contributed by atoms with Crippen molar-refractivity contribution in [2.75, 3.05) is 0 Å². The van der Waals surface area contributed by atoms with Gasteiger partial charge in [-0.3, -0.25) is 0 Å². The number of rotatable bonds is 0. The molecule has 6 rings (SSSR count). The van der Waals surface area contributed by atoms with Crippen LogP contribution in [-0.4, -0.2) is 9.88 Å². The van der Waals surface area contributed by atoms with E-state index in [-0.39, 0.29) is 5.82 Å². The van der Waals surface area contributed by atoms with E-state index in [0.717, 1.165) is 73.2 Å². The van der Waals surface area contributed by atoms with E-state index in [9.17, 15) is 4.39 Å². The van der Waals surface area contributed by atoms with Crippen molar-refractivity contribution in [3.8, 4) is 0 Å². The normalized spacial score (nSPS) is 22.7. The van der Waals surface area contributed by atoms with Crippen molar-refractivity contribution < 1.29 is 4.39 Å². The molecule has 0 amide bonds. The van der Waals surface area contributed by atoms with E-state index in [2.05, 4.69) is 31.1 Å². The van der Waals surface area contributed by atoms with Crippen LogP contribution in [0.25, 0.3) is 16.6 Å². The highest BCUT2D eigenvalue weighted by molar-refractivity contribution is 5.92. The Bertz CT molecular complexity index is 1240. The molecule has 0 fully saturated rings. The summed E-state index contributed by atoms with van der Waals surface area (Å²) in [7, 11) is 0. The van der Waals surface area contributed by atoms with Gasteiger partial charge in [0.2, 0.25) is 0 Å². The number of pyridine rings is 1. The second-order valence-corrected chi connectivity index (χ2v) is 9.36. The fourth-order valence-electron chi connectivity index (χ4n) is 5.99. The summed E-state index contributed by atoms with van der Waals surface area (Å²) in [5.41, 5.74) is 12.8. The fourth-order valence-corrected chi connectivity index (χ4v) is 5.99. The number of allylic oxidation sites excluding steroid dienone is 4. The Labute approximate surface area is 177 Å². The van der Waals surface area contributed by atoms with Crippen LogP contribution in [0.2, 0.25) is 0 Å². The van der Waals surface area contributed by atoms with E-state index in [1.54, 1.807) is 6.07 Å². The van der Waals surface area contributed by atoms with Crippen LogP contribution in [0.3, 0.4) is 0 Å². The van der Waals surface area contributed by atoms with Crippen molar-refractivity contribution in [2.45, 2.75) is 58.9 Å². The molecule has 0 saturated carbocycles. The Kier molecular flexibility index (Phi) is 3.72. The van der Waals surface area contributed by atoms with Gasteiger partial charge < -0.3 is 4.90 Å². The van der Waals surface area contributed by atoms with Crippen LogP contribution in [0, 0.1) is 18.7 Å². The van der Waals surface area contributed by atoms with Crippen LogP contribution in [0.5, 0.6) is 0 Å². The van der Waals surface area contributed by atoms with Gasteiger partial charge in [-0.25, -0.2) is 9.37 Å². The lowest BCUT2D eigenvalue weighted by molar-refractivity contribution is 0.494. The first-order valence-electron chi connectivity index (χ1n) is 11.2. The Hall–Kier alpha value is -2.68. The predicted octanol–water partition coefficient (Wildman–Crippen LogP) is 6.53. The van der Waals surface area contributed by atoms with Gasteiger partial charge in [0.05, 0.1) is 23.5 Å². The monoisotopic (exact) mass is 398 g/mol. The number of hydrogen-bond acceptors (Lipinski definition) is 2. The minimum Gasteiger partial charge on any atom is -0.335 e. The fraction of sp³-hybridized carbons (Fsp3) is 0.370. The zero-order valence-electron chi connectivity index (χ0n) is 17.9. The molecule has 2 nitrogen and oxygen atoms in total. The maximum atomic E-state index is 14.8. The van der Waals surface area contributed by atoms with E-state index in [1.807, 2.05) is 6.92 Å². The van der Waals surface area contributed by atoms with Gasteiger partial charge in [0.15, 0.2) is 0 Å². The summed E-state index contributed by atoms with van der Waals surface area (Å²) in [5, 5.41) is 1.22. The molecule has 1 aromatic heterocycles. The Morgan fingerprint density at radius 3 is 2.63 bits per heavy atom. The summed E-state index contributed by atoms with van der Waals surface area (Å²) >= 11 is 0. The molecule has 3 heteroatoms. The number of fused-ring (bicyclic) bond motifs is 4. The molecule has 1 unspecified atom stereocenters. The van der Waals surface area contributed by atoms with Gasteiger partial charge in [-0.2, -0.15) is 0 Å². The van der Waals surface area contributed by atoms with Crippen molar-refractivity contribution >= 4 is 16.6 Å². The molecule has 0 N–H and O–H groups in total. The van der Waals surface area contributed by atoms with Crippen LogP contribution in [0.1, 0.15) is 60.6 Å². The second kappa shape index (κ2) is 6.16. The van der Waals surface area contributed by atoms with E-state index < -0.39 is 0 Å². The first kappa shape index (κ1) is 18.1. The quantitative estimate of drug-likeness (QED) is 0.469. The zero-order valence-corrected chi connectivity index (χ0v) is 17.9.